The summed E-state index contributed by atoms with van der Waals surface area (Å²) in [5.41, 5.74) is 1.83. The van der Waals surface area contributed by atoms with E-state index in [4.69, 9.17) is 0 Å². The van der Waals surface area contributed by atoms with Crippen molar-refractivity contribution in [3.05, 3.63) is 11.6 Å². The Morgan fingerprint density at radius 2 is 2.08 bits per heavy atom. The lowest BCUT2D eigenvalue weighted by Crippen LogP contribution is -2.56. The Labute approximate surface area is 74.5 Å². The largest absolute Gasteiger partial charge is 0.392 e. The van der Waals surface area contributed by atoms with Crippen LogP contribution >= 0.6 is 0 Å². The smallest absolute Gasteiger partial charge is 0.0613 e. The molecular formula is C11H18O. The first-order valence-electron chi connectivity index (χ1n) is 4.87. The summed E-state index contributed by atoms with van der Waals surface area (Å²) in [6.07, 6.45) is 4.46. The molecule has 1 N–H and O–H groups in total. The van der Waals surface area contributed by atoms with E-state index in [1.54, 1.807) is 0 Å². The molecule has 0 heterocycles. The first-order chi connectivity index (χ1) is 5.53. The Kier molecular flexibility index (Phi) is 1.63. The second-order valence-corrected chi connectivity index (χ2v) is 5.02. The summed E-state index contributed by atoms with van der Waals surface area (Å²) in [7, 11) is 0. The highest BCUT2D eigenvalue weighted by Crippen LogP contribution is 2.57. The van der Waals surface area contributed by atoms with Gasteiger partial charge in [0, 0.05) is 0 Å². The minimum Gasteiger partial charge on any atom is -0.392 e. The van der Waals surface area contributed by atoms with E-state index in [0.29, 0.717) is 17.3 Å². The third-order valence-electron chi connectivity index (χ3n) is 4.00. The van der Waals surface area contributed by atoms with E-state index in [1.165, 1.54) is 5.57 Å². The second kappa shape index (κ2) is 2.35. The van der Waals surface area contributed by atoms with Gasteiger partial charge in [-0.3, -0.25) is 0 Å². The van der Waals surface area contributed by atoms with Gasteiger partial charge in [0.05, 0.1) is 6.10 Å². The van der Waals surface area contributed by atoms with Crippen LogP contribution in [0.25, 0.3) is 0 Å². The molecule has 1 nitrogen and oxygen atoms in total. The van der Waals surface area contributed by atoms with Crippen LogP contribution in [0.2, 0.25) is 0 Å². The summed E-state index contributed by atoms with van der Waals surface area (Å²) in [5, 5.41) is 9.83. The lowest BCUT2D eigenvalue weighted by atomic mass is 9.52. The quantitative estimate of drug-likeness (QED) is 0.548. The topological polar surface area (TPSA) is 20.2 Å². The van der Waals surface area contributed by atoms with Crippen LogP contribution < -0.4 is 0 Å². The van der Waals surface area contributed by atoms with Gasteiger partial charge in [-0.15, -0.1) is 0 Å². The van der Waals surface area contributed by atoms with E-state index < -0.39 is 0 Å². The highest BCUT2D eigenvalue weighted by atomic mass is 16.3. The van der Waals surface area contributed by atoms with E-state index in [0.717, 1.165) is 12.8 Å². The number of aliphatic hydroxyl groups is 1. The van der Waals surface area contributed by atoms with Crippen molar-refractivity contribution < 1.29 is 5.11 Å². The lowest BCUT2D eigenvalue weighted by molar-refractivity contribution is -0.150. The molecule has 0 aliphatic heterocycles. The summed E-state index contributed by atoms with van der Waals surface area (Å²) in [5.74, 6) is 1.03. The molecule has 0 radical (unpaired) electrons. The van der Waals surface area contributed by atoms with Crippen molar-refractivity contribution in [1.82, 2.24) is 0 Å². The molecule has 3 aliphatic rings. The van der Waals surface area contributed by atoms with Crippen LogP contribution in [0, 0.1) is 17.3 Å². The van der Waals surface area contributed by atoms with Crippen molar-refractivity contribution in [2.45, 2.75) is 39.7 Å². The Bertz CT molecular complexity index is 227. The van der Waals surface area contributed by atoms with E-state index in [9.17, 15) is 5.11 Å². The van der Waals surface area contributed by atoms with Crippen molar-refractivity contribution in [2.75, 3.05) is 0 Å². The Morgan fingerprint density at radius 1 is 1.42 bits per heavy atom. The van der Waals surface area contributed by atoms with Crippen LogP contribution in [0.15, 0.2) is 11.6 Å². The van der Waals surface area contributed by atoms with Gasteiger partial charge >= 0.3 is 0 Å². The third-order valence-corrected chi connectivity index (χ3v) is 4.00. The predicted molar refractivity (Wildman–Crippen MR) is 49.8 cm³/mol. The van der Waals surface area contributed by atoms with Crippen molar-refractivity contribution in [3.63, 3.8) is 0 Å². The minimum absolute atomic E-state index is 0.0336. The SMILES string of the molecule is CC1=CCC2C(O)C(C1)C2(C)C. The molecule has 3 aliphatic carbocycles. The van der Waals surface area contributed by atoms with Crippen LogP contribution in [0.1, 0.15) is 33.6 Å². The third kappa shape index (κ3) is 0.891. The number of allylic oxidation sites excluding steroid dienone is 2. The molecule has 0 aromatic carbocycles. The standard InChI is InChI=1S/C11H18O/c1-7-4-5-8-10(12)9(6-7)11(8,2)3/h4,8-10,12H,5-6H2,1-3H3. The summed E-state index contributed by atoms with van der Waals surface area (Å²) >= 11 is 0. The molecule has 3 rings (SSSR count). The van der Waals surface area contributed by atoms with Gasteiger partial charge in [0.15, 0.2) is 0 Å². The van der Waals surface area contributed by atoms with E-state index in [2.05, 4.69) is 26.8 Å². The average molecular weight is 166 g/mol. The molecule has 3 unspecified atom stereocenters. The molecule has 0 aromatic rings. The highest BCUT2D eigenvalue weighted by molar-refractivity contribution is 5.16. The van der Waals surface area contributed by atoms with Gasteiger partial charge in [-0.05, 0) is 37.0 Å². The first kappa shape index (κ1) is 8.31. The lowest BCUT2D eigenvalue weighted by Gasteiger charge is -2.55. The molecule has 1 saturated carbocycles. The van der Waals surface area contributed by atoms with Gasteiger partial charge in [0.25, 0.3) is 0 Å². The molecule has 3 atom stereocenters. The fourth-order valence-corrected chi connectivity index (χ4v) is 2.90. The summed E-state index contributed by atoms with van der Waals surface area (Å²) in [6, 6.07) is 0. The highest BCUT2D eigenvalue weighted by Gasteiger charge is 2.55. The van der Waals surface area contributed by atoms with Crippen LogP contribution in [-0.2, 0) is 0 Å². The van der Waals surface area contributed by atoms with Gasteiger partial charge in [-0.1, -0.05) is 25.5 Å². The monoisotopic (exact) mass is 166 g/mol. The van der Waals surface area contributed by atoms with Gasteiger partial charge in [0.2, 0.25) is 0 Å². The summed E-state index contributed by atoms with van der Waals surface area (Å²) < 4.78 is 0. The summed E-state index contributed by atoms with van der Waals surface area (Å²) in [4.78, 5) is 0. The molecule has 0 aromatic heterocycles. The van der Waals surface area contributed by atoms with E-state index in [-0.39, 0.29) is 6.10 Å². The molecule has 68 valence electrons. The zero-order chi connectivity index (χ0) is 8.93. The molecular weight excluding hydrogens is 148 g/mol. The molecule has 2 bridgehead atoms. The zero-order valence-corrected chi connectivity index (χ0v) is 8.17. The Balaban J connectivity index is 2.24. The number of hydrogen-bond acceptors (Lipinski definition) is 1. The van der Waals surface area contributed by atoms with Gasteiger partial charge in [-0.2, -0.15) is 0 Å². The van der Waals surface area contributed by atoms with Gasteiger partial charge in [-0.25, -0.2) is 0 Å². The van der Waals surface area contributed by atoms with Crippen LogP contribution in [0.4, 0.5) is 0 Å². The summed E-state index contributed by atoms with van der Waals surface area (Å²) in [6.45, 7) is 6.77. The minimum atomic E-state index is -0.0336. The fraction of sp³-hybridized carbons (Fsp3) is 0.818. The fourth-order valence-electron chi connectivity index (χ4n) is 2.90. The van der Waals surface area contributed by atoms with Crippen molar-refractivity contribution in [1.29, 1.82) is 0 Å². The first-order valence-corrected chi connectivity index (χ1v) is 4.87. The molecule has 1 heteroatoms. The van der Waals surface area contributed by atoms with E-state index >= 15 is 0 Å². The second-order valence-electron chi connectivity index (χ2n) is 5.02. The maximum atomic E-state index is 9.83. The normalized spacial score (nSPS) is 44.3. The maximum Gasteiger partial charge on any atom is 0.0613 e. The molecule has 0 saturated heterocycles. The average Bonchev–Trinajstić information content (AvgIpc) is 2.19. The maximum absolute atomic E-state index is 9.83. The Morgan fingerprint density at radius 3 is 2.67 bits per heavy atom. The molecule has 12 heavy (non-hydrogen) atoms. The number of fused-ring (bicyclic) bond motifs is 2. The molecule has 0 spiro atoms. The van der Waals surface area contributed by atoms with Gasteiger partial charge in [0.1, 0.15) is 0 Å². The number of hydrogen-bond donors (Lipinski definition) is 1. The van der Waals surface area contributed by atoms with Crippen LogP contribution in [0.5, 0.6) is 0 Å². The van der Waals surface area contributed by atoms with Crippen LogP contribution in [-0.4, -0.2) is 11.2 Å². The van der Waals surface area contributed by atoms with E-state index in [1.807, 2.05) is 0 Å². The molecule has 0 amide bonds. The molecule has 1 fully saturated rings. The number of rotatable bonds is 0. The Hall–Kier alpha value is -0.300. The number of aliphatic hydroxyl groups excluding tert-OH is 1. The van der Waals surface area contributed by atoms with Crippen molar-refractivity contribution in [3.8, 4) is 0 Å². The predicted octanol–water partition coefficient (Wildman–Crippen LogP) is 2.36. The van der Waals surface area contributed by atoms with Crippen LogP contribution in [0.3, 0.4) is 0 Å². The van der Waals surface area contributed by atoms with Crippen molar-refractivity contribution in [2.24, 2.45) is 17.3 Å². The zero-order valence-electron chi connectivity index (χ0n) is 8.17. The van der Waals surface area contributed by atoms with Gasteiger partial charge < -0.3 is 5.11 Å². The van der Waals surface area contributed by atoms with Crippen molar-refractivity contribution >= 4 is 0 Å².